The molecule has 0 amide bonds. The van der Waals surface area contributed by atoms with Gasteiger partial charge < -0.3 is 10.5 Å². The van der Waals surface area contributed by atoms with E-state index in [2.05, 4.69) is 20.7 Å². The minimum absolute atomic E-state index is 0.109. The van der Waals surface area contributed by atoms with E-state index in [1.165, 1.54) is 13.2 Å². The fraction of sp³-hybridized carbons (Fsp3) is 0.222. The first kappa shape index (κ1) is 11.0. The maximum Gasteiger partial charge on any atom is 0.343 e. The standard InChI is InChI=1S/C9H9BrFNO2/c1-4-3-5(10)7(11)6(8(4)12)9(13)14-2/h3H,12H2,1-2H3. The van der Waals surface area contributed by atoms with Gasteiger partial charge in [0.2, 0.25) is 0 Å². The molecule has 14 heavy (non-hydrogen) atoms. The van der Waals surface area contributed by atoms with E-state index < -0.39 is 11.8 Å². The van der Waals surface area contributed by atoms with Crippen LogP contribution in [-0.4, -0.2) is 13.1 Å². The summed E-state index contributed by atoms with van der Waals surface area (Å²) < 4.78 is 18.1. The van der Waals surface area contributed by atoms with Crippen LogP contribution in [0.4, 0.5) is 10.1 Å². The van der Waals surface area contributed by atoms with E-state index in [1.54, 1.807) is 6.92 Å². The minimum atomic E-state index is -0.774. The van der Waals surface area contributed by atoms with Crippen molar-refractivity contribution in [2.75, 3.05) is 12.8 Å². The van der Waals surface area contributed by atoms with Gasteiger partial charge in [0.15, 0.2) is 5.82 Å². The Bertz CT molecular complexity index is 367. The Morgan fingerprint density at radius 1 is 1.64 bits per heavy atom. The molecule has 0 spiro atoms. The van der Waals surface area contributed by atoms with Crippen LogP contribution in [0.5, 0.6) is 0 Å². The fourth-order valence-electron chi connectivity index (χ4n) is 1.07. The lowest BCUT2D eigenvalue weighted by Gasteiger charge is -2.09. The molecule has 0 saturated heterocycles. The second-order valence-corrected chi connectivity index (χ2v) is 3.62. The number of anilines is 1. The van der Waals surface area contributed by atoms with Crippen molar-refractivity contribution in [1.82, 2.24) is 0 Å². The van der Waals surface area contributed by atoms with E-state index >= 15 is 0 Å². The molecule has 2 N–H and O–H groups in total. The molecule has 0 aliphatic heterocycles. The van der Waals surface area contributed by atoms with Crippen molar-refractivity contribution in [3.63, 3.8) is 0 Å². The lowest BCUT2D eigenvalue weighted by molar-refractivity contribution is 0.0596. The first-order chi connectivity index (χ1) is 6.49. The Morgan fingerprint density at radius 2 is 2.21 bits per heavy atom. The van der Waals surface area contributed by atoms with Crippen LogP contribution in [0.25, 0.3) is 0 Å². The van der Waals surface area contributed by atoms with Crippen LogP contribution >= 0.6 is 15.9 Å². The second-order valence-electron chi connectivity index (χ2n) is 2.77. The zero-order valence-corrected chi connectivity index (χ0v) is 9.31. The molecule has 0 aliphatic carbocycles. The van der Waals surface area contributed by atoms with Gasteiger partial charge in [-0.2, -0.15) is 0 Å². The highest BCUT2D eigenvalue weighted by Gasteiger charge is 2.20. The quantitative estimate of drug-likeness (QED) is 0.623. The average Bonchev–Trinajstić information content (AvgIpc) is 2.15. The highest BCUT2D eigenvalue weighted by Crippen LogP contribution is 2.27. The number of carbonyl (C=O) groups is 1. The van der Waals surface area contributed by atoms with E-state index in [9.17, 15) is 9.18 Å². The number of nitrogens with two attached hydrogens (primary N) is 1. The number of rotatable bonds is 1. The normalized spacial score (nSPS) is 10.0. The molecule has 0 saturated carbocycles. The summed E-state index contributed by atoms with van der Waals surface area (Å²) in [5.41, 5.74) is 6.08. The summed E-state index contributed by atoms with van der Waals surface area (Å²) in [4.78, 5) is 11.2. The monoisotopic (exact) mass is 261 g/mol. The summed E-state index contributed by atoms with van der Waals surface area (Å²) in [5, 5.41) is 0. The predicted octanol–water partition coefficient (Wildman–Crippen LogP) is 2.27. The van der Waals surface area contributed by atoms with Gasteiger partial charge in [-0.15, -0.1) is 0 Å². The van der Waals surface area contributed by atoms with Crippen molar-refractivity contribution in [2.45, 2.75) is 6.92 Å². The molecule has 1 aromatic carbocycles. The number of aryl methyl sites for hydroxylation is 1. The first-order valence-corrected chi connectivity index (χ1v) is 4.60. The number of ether oxygens (including phenoxy) is 1. The minimum Gasteiger partial charge on any atom is -0.465 e. The zero-order chi connectivity index (χ0) is 10.9. The average molecular weight is 262 g/mol. The molecule has 1 aromatic rings. The molecule has 0 bridgehead atoms. The summed E-state index contributed by atoms with van der Waals surface area (Å²) in [6.07, 6.45) is 0. The van der Waals surface area contributed by atoms with Crippen molar-refractivity contribution >= 4 is 27.6 Å². The summed E-state index contributed by atoms with van der Waals surface area (Å²) >= 11 is 2.99. The van der Waals surface area contributed by atoms with Gasteiger partial charge in [-0.1, -0.05) is 0 Å². The molecule has 0 heterocycles. The molecule has 76 valence electrons. The number of nitrogen functional groups attached to an aromatic ring is 1. The maximum atomic E-state index is 13.5. The molecule has 0 unspecified atom stereocenters. The largest absolute Gasteiger partial charge is 0.465 e. The van der Waals surface area contributed by atoms with Gasteiger partial charge in [0, 0.05) is 0 Å². The molecule has 0 aromatic heterocycles. The molecule has 5 heteroatoms. The van der Waals surface area contributed by atoms with E-state index in [0.29, 0.717) is 5.56 Å². The topological polar surface area (TPSA) is 52.3 Å². The van der Waals surface area contributed by atoms with Crippen LogP contribution in [0.3, 0.4) is 0 Å². The molecule has 0 aliphatic rings. The number of hydrogen-bond acceptors (Lipinski definition) is 3. The lowest BCUT2D eigenvalue weighted by atomic mass is 10.1. The second kappa shape index (κ2) is 3.96. The summed E-state index contributed by atoms with van der Waals surface area (Å²) in [6.45, 7) is 1.69. The van der Waals surface area contributed by atoms with Crippen LogP contribution in [-0.2, 0) is 4.74 Å². The van der Waals surface area contributed by atoms with Crippen LogP contribution < -0.4 is 5.73 Å². The Hall–Kier alpha value is -1.10. The highest BCUT2D eigenvalue weighted by molar-refractivity contribution is 9.10. The van der Waals surface area contributed by atoms with Gasteiger partial charge in [-0.05, 0) is 34.5 Å². The highest BCUT2D eigenvalue weighted by atomic mass is 79.9. The van der Waals surface area contributed by atoms with Crippen molar-refractivity contribution in [2.24, 2.45) is 0 Å². The first-order valence-electron chi connectivity index (χ1n) is 3.81. The third-order valence-electron chi connectivity index (χ3n) is 1.86. The van der Waals surface area contributed by atoms with Crippen LogP contribution in [0.2, 0.25) is 0 Å². The van der Waals surface area contributed by atoms with Crippen molar-refractivity contribution in [1.29, 1.82) is 0 Å². The predicted molar refractivity (Wildman–Crippen MR) is 54.6 cm³/mol. The third kappa shape index (κ3) is 1.72. The molecular formula is C9H9BrFNO2. The molecule has 1 rings (SSSR count). The smallest absolute Gasteiger partial charge is 0.343 e. The number of methoxy groups -OCH3 is 1. The summed E-state index contributed by atoms with van der Waals surface area (Å²) in [7, 11) is 1.18. The molecular weight excluding hydrogens is 253 g/mol. The summed E-state index contributed by atoms with van der Waals surface area (Å²) in [6, 6.07) is 1.51. The number of carbonyl (C=O) groups excluding carboxylic acids is 1. The number of benzene rings is 1. The molecule has 0 radical (unpaired) electrons. The molecule has 3 nitrogen and oxygen atoms in total. The fourth-order valence-corrected chi connectivity index (χ4v) is 1.61. The van der Waals surface area contributed by atoms with E-state index in [1.807, 2.05) is 0 Å². The Labute approximate surface area is 89.2 Å². The van der Waals surface area contributed by atoms with Gasteiger partial charge in [0.1, 0.15) is 5.56 Å². The third-order valence-corrected chi connectivity index (χ3v) is 2.43. The maximum absolute atomic E-state index is 13.5. The van der Waals surface area contributed by atoms with Crippen molar-refractivity contribution in [3.8, 4) is 0 Å². The van der Waals surface area contributed by atoms with Crippen LogP contribution in [0.15, 0.2) is 10.5 Å². The van der Waals surface area contributed by atoms with Crippen molar-refractivity contribution < 1.29 is 13.9 Å². The van der Waals surface area contributed by atoms with Crippen LogP contribution in [0.1, 0.15) is 15.9 Å². The van der Waals surface area contributed by atoms with E-state index in [0.717, 1.165) is 0 Å². The van der Waals surface area contributed by atoms with E-state index in [4.69, 9.17) is 5.73 Å². The number of esters is 1. The Morgan fingerprint density at radius 3 is 2.71 bits per heavy atom. The lowest BCUT2D eigenvalue weighted by Crippen LogP contribution is -2.10. The van der Waals surface area contributed by atoms with E-state index in [-0.39, 0.29) is 15.7 Å². The Balaban J connectivity index is 3.47. The molecule has 0 fully saturated rings. The number of hydrogen-bond donors (Lipinski definition) is 1. The van der Waals surface area contributed by atoms with Gasteiger partial charge in [-0.3, -0.25) is 0 Å². The zero-order valence-electron chi connectivity index (χ0n) is 7.73. The molecule has 0 atom stereocenters. The van der Waals surface area contributed by atoms with Gasteiger partial charge in [0.05, 0.1) is 17.3 Å². The number of halogens is 2. The SMILES string of the molecule is COC(=O)c1c(N)c(C)cc(Br)c1F. The van der Waals surface area contributed by atoms with Gasteiger partial charge in [0.25, 0.3) is 0 Å². The van der Waals surface area contributed by atoms with Gasteiger partial charge >= 0.3 is 5.97 Å². The van der Waals surface area contributed by atoms with Crippen molar-refractivity contribution in [3.05, 3.63) is 27.5 Å². The van der Waals surface area contributed by atoms with Gasteiger partial charge in [-0.25, -0.2) is 9.18 Å². The van der Waals surface area contributed by atoms with Crippen LogP contribution in [0, 0.1) is 12.7 Å². The Kier molecular flexibility index (Phi) is 3.10. The summed E-state index contributed by atoms with van der Waals surface area (Å²) in [5.74, 6) is -1.47.